The minimum atomic E-state index is 0.608. The zero-order valence-electron chi connectivity index (χ0n) is 10.2. The molecule has 0 radical (unpaired) electrons. The summed E-state index contributed by atoms with van der Waals surface area (Å²) in [6.07, 6.45) is 3.68. The van der Waals surface area contributed by atoms with Gasteiger partial charge in [0.15, 0.2) is 11.5 Å². The van der Waals surface area contributed by atoms with Crippen molar-refractivity contribution in [2.75, 3.05) is 20.3 Å². The highest BCUT2D eigenvalue weighted by molar-refractivity contribution is 5.47. The van der Waals surface area contributed by atoms with Gasteiger partial charge in [-0.05, 0) is 37.4 Å². The minimum absolute atomic E-state index is 0.608. The van der Waals surface area contributed by atoms with Gasteiger partial charge in [0.1, 0.15) is 0 Å². The summed E-state index contributed by atoms with van der Waals surface area (Å²) < 4.78 is 11.2. The number of ether oxygens (including phenoxy) is 2. The van der Waals surface area contributed by atoms with E-state index in [1.807, 2.05) is 12.1 Å². The van der Waals surface area contributed by atoms with E-state index < -0.39 is 0 Å². The van der Waals surface area contributed by atoms with Gasteiger partial charge in [-0.15, -0.1) is 0 Å². The largest absolute Gasteiger partial charge is 0.493 e. The number of benzene rings is 1. The van der Waals surface area contributed by atoms with Crippen LogP contribution in [-0.4, -0.2) is 26.3 Å². The molecule has 0 spiro atoms. The lowest BCUT2D eigenvalue weighted by atomic mass is 9.89. The van der Waals surface area contributed by atoms with E-state index in [1.165, 1.54) is 18.4 Å². The van der Waals surface area contributed by atoms with Gasteiger partial charge in [0.25, 0.3) is 0 Å². The first kappa shape index (κ1) is 10.9. The molecule has 2 aliphatic rings. The third-order valence-corrected chi connectivity index (χ3v) is 3.87. The summed E-state index contributed by atoms with van der Waals surface area (Å²) >= 11 is 0. The lowest BCUT2D eigenvalue weighted by Crippen LogP contribution is -2.37. The number of methoxy groups -OCH3 is 1. The fraction of sp³-hybridized carbons (Fsp3) is 0.571. The number of hydrogen-bond acceptors (Lipinski definition) is 3. The third kappa shape index (κ3) is 2.00. The highest BCUT2D eigenvalue weighted by Crippen LogP contribution is 2.37. The van der Waals surface area contributed by atoms with Crippen molar-refractivity contribution >= 4 is 0 Å². The normalized spacial score (nSPS) is 27.4. The Morgan fingerprint density at radius 3 is 3.12 bits per heavy atom. The zero-order valence-corrected chi connectivity index (χ0v) is 10.2. The third-order valence-electron chi connectivity index (χ3n) is 3.87. The molecule has 0 amide bonds. The first-order valence-electron chi connectivity index (χ1n) is 6.40. The van der Waals surface area contributed by atoms with Crippen LogP contribution in [0.5, 0.6) is 11.5 Å². The van der Waals surface area contributed by atoms with Crippen LogP contribution in [0.25, 0.3) is 0 Å². The van der Waals surface area contributed by atoms with Crippen molar-refractivity contribution in [1.82, 2.24) is 5.32 Å². The van der Waals surface area contributed by atoms with E-state index in [0.717, 1.165) is 31.1 Å². The highest BCUT2D eigenvalue weighted by Gasteiger charge is 2.30. The van der Waals surface area contributed by atoms with Crippen LogP contribution < -0.4 is 14.8 Å². The molecule has 3 nitrogen and oxygen atoms in total. The van der Waals surface area contributed by atoms with E-state index in [4.69, 9.17) is 9.47 Å². The second-order valence-corrected chi connectivity index (χ2v) is 4.93. The summed E-state index contributed by atoms with van der Waals surface area (Å²) in [5.74, 6) is 2.42. The monoisotopic (exact) mass is 233 g/mol. The topological polar surface area (TPSA) is 30.5 Å². The molecule has 2 heterocycles. The van der Waals surface area contributed by atoms with Gasteiger partial charge in [-0.3, -0.25) is 0 Å². The summed E-state index contributed by atoms with van der Waals surface area (Å²) in [6, 6.07) is 6.80. The molecule has 17 heavy (non-hydrogen) atoms. The van der Waals surface area contributed by atoms with Crippen molar-refractivity contribution < 1.29 is 9.47 Å². The van der Waals surface area contributed by atoms with Crippen molar-refractivity contribution in [3.05, 3.63) is 23.8 Å². The molecule has 0 bridgehead atoms. The smallest absolute Gasteiger partial charge is 0.164 e. The standard InChI is InChI=1S/C14H19NO2/c1-16-13-6-2-4-10-8-11(9-17-14(10)13)12-5-3-7-15-12/h2,4,6,11-12,15H,3,5,7-9H2,1H3. The lowest BCUT2D eigenvalue weighted by molar-refractivity contribution is 0.184. The van der Waals surface area contributed by atoms with Gasteiger partial charge >= 0.3 is 0 Å². The molecule has 2 unspecified atom stereocenters. The molecular weight excluding hydrogens is 214 g/mol. The molecule has 1 N–H and O–H groups in total. The maximum atomic E-state index is 5.91. The maximum absolute atomic E-state index is 5.91. The molecule has 0 aliphatic carbocycles. The molecule has 1 aromatic carbocycles. The van der Waals surface area contributed by atoms with Crippen LogP contribution in [-0.2, 0) is 6.42 Å². The lowest BCUT2D eigenvalue weighted by Gasteiger charge is -2.30. The molecule has 1 aromatic rings. The van der Waals surface area contributed by atoms with E-state index in [1.54, 1.807) is 7.11 Å². The molecule has 92 valence electrons. The van der Waals surface area contributed by atoms with E-state index >= 15 is 0 Å². The fourth-order valence-corrected chi connectivity index (χ4v) is 2.95. The average Bonchev–Trinajstić information content (AvgIpc) is 2.91. The van der Waals surface area contributed by atoms with Crippen LogP contribution in [0.15, 0.2) is 18.2 Å². The number of para-hydroxylation sites is 1. The Morgan fingerprint density at radius 1 is 1.41 bits per heavy atom. The van der Waals surface area contributed by atoms with Crippen LogP contribution in [0, 0.1) is 5.92 Å². The van der Waals surface area contributed by atoms with Gasteiger partial charge in [-0.1, -0.05) is 12.1 Å². The molecule has 1 fully saturated rings. The summed E-state index contributed by atoms with van der Waals surface area (Å²) in [7, 11) is 1.70. The summed E-state index contributed by atoms with van der Waals surface area (Å²) in [6.45, 7) is 1.97. The second-order valence-electron chi connectivity index (χ2n) is 4.93. The molecule has 2 aliphatic heterocycles. The van der Waals surface area contributed by atoms with Crippen LogP contribution in [0.2, 0.25) is 0 Å². The Balaban J connectivity index is 1.80. The van der Waals surface area contributed by atoms with Crippen molar-refractivity contribution in [3.8, 4) is 11.5 Å². The second kappa shape index (κ2) is 4.57. The molecule has 0 aromatic heterocycles. The van der Waals surface area contributed by atoms with Crippen molar-refractivity contribution in [3.63, 3.8) is 0 Å². The van der Waals surface area contributed by atoms with E-state index in [9.17, 15) is 0 Å². The Hall–Kier alpha value is -1.22. The molecule has 3 rings (SSSR count). The quantitative estimate of drug-likeness (QED) is 0.847. The van der Waals surface area contributed by atoms with Crippen molar-refractivity contribution in [1.29, 1.82) is 0 Å². The fourth-order valence-electron chi connectivity index (χ4n) is 2.95. The van der Waals surface area contributed by atoms with Crippen LogP contribution in [0.4, 0.5) is 0 Å². The predicted molar refractivity (Wildman–Crippen MR) is 66.7 cm³/mol. The number of hydrogen-bond donors (Lipinski definition) is 1. The maximum Gasteiger partial charge on any atom is 0.164 e. The average molecular weight is 233 g/mol. The summed E-state index contributed by atoms with van der Waals surface area (Å²) in [5.41, 5.74) is 1.29. The highest BCUT2D eigenvalue weighted by atomic mass is 16.5. The van der Waals surface area contributed by atoms with Gasteiger partial charge in [0.2, 0.25) is 0 Å². The van der Waals surface area contributed by atoms with Crippen molar-refractivity contribution in [2.24, 2.45) is 5.92 Å². The number of nitrogens with one attached hydrogen (secondary N) is 1. The van der Waals surface area contributed by atoms with E-state index in [-0.39, 0.29) is 0 Å². The molecule has 2 atom stereocenters. The van der Waals surface area contributed by atoms with Gasteiger partial charge < -0.3 is 14.8 Å². The summed E-state index contributed by atoms with van der Waals surface area (Å²) in [5, 5.41) is 3.57. The Bertz CT molecular complexity index is 399. The van der Waals surface area contributed by atoms with E-state index in [0.29, 0.717) is 12.0 Å². The Labute approximate surface area is 102 Å². The van der Waals surface area contributed by atoms with Crippen LogP contribution in [0.3, 0.4) is 0 Å². The number of fused-ring (bicyclic) bond motifs is 1. The van der Waals surface area contributed by atoms with Crippen LogP contribution in [0.1, 0.15) is 18.4 Å². The van der Waals surface area contributed by atoms with Crippen molar-refractivity contribution in [2.45, 2.75) is 25.3 Å². The Morgan fingerprint density at radius 2 is 2.35 bits per heavy atom. The SMILES string of the molecule is COc1cccc2c1OCC(C1CCCN1)C2. The first-order chi connectivity index (χ1) is 8.38. The zero-order chi connectivity index (χ0) is 11.7. The first-order valence-corrected chi connectivity index (χ1v) is 6.40. The minimum Gasteiger partial charge on any atom is -0.493 e. The van der Waals surface area contributed by atoms with Gasteiger partial charge in [0, 0.05) is 12.0 Å². The molecule has 3 heteroatoms. The van der Waals surface area contributed by atoms with Gasteiger partial charge in [-0.2, -0.15) is 0 Å². The van der Waals surface area contributed by atoms with Crippen LogP contribution >= 0.6 is 0 Å². The molecular formula is C14H19NO2. The number of rotatable bonds is 2. The molecule has 1 saturated heterocycles. The van der Waals surface area contributed by atoms with Gasteiger partial charge in [-0.25, -0.2) is 0 Å². The molecule has 0 saturated carbocycles. The summed E-state index contributed by atoms with van der Waals surface area (Å²) in [4.78, 5) is 0. The van der Waals surface area contributed by atoms with Gasteiger partial charge in [0.05, 0.1) is 13.7 Å². The predicted octanol–water partition coefficient (Wildman–Crippen LogP) is 2.00. The Kier molecular flexibility index (Phi) is 2.93. The van der Waals surface area contributed by atoms with E-state index in [2.05, 4.69) is 11.4 Å².